The minimum atomic E-state index is -0.489. The van der Waals surface area contributed by atoms with Crippen molar-refractivity contribution in [3.05, 3.63) is 29.6 Å². The third-order valence-electron chi connectivity index (χ3n) is 4.95. The zero-order valence-corrected chi connectivity index (χ0v) is 17.0. The van der Waals surface area contributed by atoms with Crippen molar-refractivity contribution in [2.45, 2.75) is 6.92 Å². The van der Waals surface area contributed by atoms with Gasteiger partial charge in [0.05, 0.1) is 29.5 Å². The number of anilines is 4. The van der Waals surface area contributed by atoms with Gasteiger partial charge in [0.25, 0.3) is 0 Å². The molecule has 3 aromatic rings. The van der Waals surface area contributed by atoms with Crippen molar-refractivity contribution in [3.8, 4) is 11.1 Å². The van der Waals surface area contributed by atoms with E-state index in [-0.39, 0.29) is 0 Å². The maximum atomic E-state index is 12.2. The molecule has 5 N–H and O–H groups in total. The molecule has 0 saturated heterocycles. The third-order valence-corrected chi connectivity index (χ3v) is 4.95. The highest BCUT2D eigenvalue weighted by Gasteiger charge is 2.24. The Labute approximate surface area is 164 Å². The van der Waals surface area contributed by atoms with E-state index in [4.69, 9.17) is 15.5 Å². The lowest BCUT2D eigenvalue weighted by Crippen LogP contribution is -2.11. The molecule has 2 heterocycles. The van der Waals surface area contributed by atoms with Crippen LogP contribution in [0.1, 0.15) is 16.1 Å². The fraction of sp³-hybridized carbons (Fsp3) is 0.300. The summed E-state index contributed by atoms with van der Waals surface area (Å²) in [4.78, 5) is 16.9. The van der Waals surface area contributed by atoms with Crippen LogP contribution in [0.3, 0.4) is 0 Å². The predicted molar refractivity (Wildman–Crippen MR) is 115 cm³/mol. The number of nitrogen functional groups attached to an aromatic ring is 1. The minimum Gasteiger partial charge on any atom is -0.465 e. The normalized spacial score (nSPS) is 10.8. The van der Waals surface area contributed by atoms with Gasteiger partial charge < -0.3 is 31.0 Å². The first kappa shape index (κ1) is 19.3. The summed E-state index contributed by atoms with van der Waals surface area (Å²) in [5.74, 6) is -0.489. The van der Waals surface area contributed by atoms with E-state index in [0.29, 0.717) is 22.5 Å². The lowest BCUT2D eigenvalue weighted by Gasteiger charge is -2.17. The zero-order chi connectivity index (χ0) is 20.6. The first-order chi connectivity index (χ1) is 13.4. The van der Waals surface area contributed by atoms with Gasteiger partial charge in [-0.1, -0.05) is 0 Å². The van der Waals surface area contributed by atoms with Crippen molar-refractivity contribution >= 4 is 39.8 Å². The van der Waals surface area contributed by atoms with Crippen molar-refractivity contribution in [2.75, 3.05) is 49.9 Å². The first-order valence-corrected chi connectivity index (χ1v) is 8.92. The van der Waals surface area contributed by atoms with Crippen LogP contribution in [0.25, 0.3) is 22.2 Å². The SMILES string of the molecule is CNc1cc(NC)c(-c2cn(C)c3c(N)c(C(=O)OC)c(C)nc23)c(NC)c1. The Bertz CT molecular complexity index is 1050. The molecule has 0 spiro atoms. The molecule has 3 rings (SSSR count). The average molecular weight is 382 g/mol. The molecule has 0 bridgehead atoms. The fourth-order valence-corrected chi connectivity index (χ4v) is 3.60. The number of esters is 1. The van der Waals surface area contributed by atoms with E-state index in [1.807, 2.05) is 51.1 Å². The number of nitrogens with two attached hydrogens (primary N) is 1. The van der Waals surface area contributed by atoms with Crippen molar-refractivity contribution in [2.24, 2.45) is 7.05 Å². The molecule has 0 unspecified atom stereocenters. The van der Waals surface area contributed by atoms with Crippen molar-refractivity contribution in [3.63, 3.8) is 0 Å². The third kappa shape index (κ3) is 2.87. The Morgan fingerprint density at radius 3 is 2.25 bits per heavy atom. The van der Waals surface area contributed by atoms with E-state index in [1.54, 1.807) is 6.92 Å². The molecule has 0 aliphatic carbocycles. The molecule has 0 saturated carbocycles. The lowest BCUT2D eigenvalue weighted by molar-refractivity contribution is 0.0601. The van der Waals surface area contributed by atoms with Gasteiger partial charge in [-0.3, -0.25) is 0 Å². The van der Waals surface area contributed by atoms with E-state index in [0.717, 1.165) is 33.7 Å². The van der Waals surface area contributed by atoms with Gasteiger partial charge in [0.1, 0.15) is 5.56 Å². The number of carbonyl (C=O) groups is 1. The Morgan fingerprint density at radius 2 is 1.75 bits per heavy atom. The van der Waals surface area contributed by atoms with Gasteiger partial charge in [-0.15, -0.1) is 0 Å². The lowest BCUT2D eigenvalue weighted by atomic mass is 10.0. The molecule has 2 aromatic heterocycles. The number of aromatic nitrogens is 2. The summed E-state index contributed by atoms with van der Waals surface area (Å²) in [6, 6.07) is 4.07. The number of hydrogen-bond acceptors (Lipinski definition) is 7. The van der Waals surface area contributed by atoms with Crippen LogP contribution in [0.5, 0.6) is 0 Å². The molecule has 28 heavy (non-hydrogen) atoms. The molecular weight excluding hydrogens is 356 g/mol. The first-order valence-electron chi connectivity index (χ1n) is 8.92. The molecule has 1 aromatic carbocycles. The Morgan fingerprint density at radius 1 is 1.14 bits per heavy atom. The Kier molecular flexibility index (Phi) is 5.04. The van der Waals surface area contributed by atoms with E-state index < -0.39 is 5.97 Å². The fourth-order valence-electron chi connectivity index (χ4n) is 3.60. The maximum Gasteiger partial charge on any atom is 0.341 e. The summed E-state index contributed by atoms with van der Waals surface area (Å²) in [5, 5.41) is 9.70. The van der Waals surface area contributed by atoms with Gasteiger partial charge in [0, 0.05) is 62.6 Å². The molecule has 8 nitrogen and oxygen atoms in total. The summed E-state index contributed by atoms with van der Waals surface area (Å²) in [6.45, 7) is 1.76. The van der Waals surface area contributed by atoms with Crippen LogP contribution in [0.4, 0.5) is 22.7 Å². The van der Waals surface area contributed by atoms with Crippen molar-refractivity contribution in [1.82, 2.24) is 9.55 Å². The molecule has 0 radical (unpaired) electrons. The van der Waals surface area contributed by atoms with Crippen LogP contribution in [0.15, 0.2) is 18.3 Å². The summed E-state index contributed by atoms with van der Waals surface area (Å²) < 4.78 is 6.77. The number of pyridine rings is 1. The van der Waals surface area contributed by atoms with Crippen LogP contribution in [-0.4, -0.2) is 43.8 Å². The minimum absolute atomic E-state index is 0.302. The van der Waals surface area contributed by atoms with Gasteiger partial charge >= 0.3 is 5.97 Å². The van der Waals surface area contributed by atoms with Crippen molar-refractivity contribution in [1.29, 1.82) is 0 Å². The van der Waals surface area contributed by atoms with Crippen LogP contribution in [-0.2, 0) is 11.8 Å². The van der Waals surface area contributed by atoms with E-state index in [9.17, 15) is 4.79 Å². The smallest absolute Gasteiger partial charge is 0.341 e. The number of carbonyl (C=O) groups excluding carboxylic acids is 1. The number of ether oxygens (including phenoxy) is 1. The molecule has 0 amide bonds. The maximum absolute atomic E-state index is 12.2. The molecule has 0 aliphatic rings. The number of nitrogens with zero attached hydrogens (tertiary/aromatic N) is 2. The molecule has 148 valence electrons. The summed E-state index contributed by atoms with van der Waals surface area (Å²) in [5.41, 5.74) is 13.8. The molecule has 0 aliphatic heterocycles. The van der Waals surface area contributed by atoms with Gasteiger partial charge in [-0.2, -0.15) is 0 Å². The van der Waals surface area contributed by atoms with Gasteiger partial charge in [-0.25, -0.2) is 9.78 Å². The topological polar surface area (TPSA) is 106 Å². The standard InChI is InChI=1S/C20H26N6O2/c1-10-15(20(27)28-6)17(21)19-18(25-10)12(9-26(19)5)16-13(23-3)7-11(22-2)8-14(16)24-4/h7-9,22-24H,1-6H3,(H2,21,25). The summed E-state index contributed by atoms with van der Waals surface area (Å²) in [6.07, 6.45) is 1.98. The second-order valence-electron chi connectivity index (χ2n) is 6.52. The van der Waals surface area contributed by atoms with E-state index in [2.05, 4.69) is 16.0 Å². The molecular formula is C20H26N6O2. The zero-order valence-electron chi connectivity index (χ0n) is 17.0. The van der Waals surface area contributed by atoms with Gasteiger partial charge in [0.15, 0.2) is 0 Å². The number of rotatable bonds is 5. The quantitative estimate of drug-likeness (QED) is 0.503. The highest BCUT2D eigenvalue weighted by Crippen LogP contribution is 2.42. The number of methoxy groups -OCH3 is 1. The number of fused-ring (bicyclic) bond motifs is 1. The monoisotopic (exact) mass is 382 g/mol. The second-order valence-corrected chi connectivity index (χ2v) is 6.52. The van der Waals surface area contributed by atoms with Crippen LogP contribution in [0, 0.1) is 6.92 Å². The Balaban J connectivity index is 2.40. The van der Waals surface area contributed by atoms with Crippen LogP contribution >= 0.6 is 0 Å². The number of hydrogen-bond donors (Lipinski definition) is 4. The Hall–Kier alpha value is -3.42. The summed E-state index contributed by atoms with van der Waals surface area (Å²) in [7, 11) is 8.87. The average Bonchev–Trinajstić information content (AvgIpc) is 3.02. The highest BCUT2D eigenvalue weighted by atomic mass is 16.5. The summed E-state index contributed by atoms with van der Waals surface area (Å²) >= 11 is 0. The highest BCUT2D eigenvalue weighted by molar-refractivity contribution is 6.10. The second kappa shape index (κ2) is 7.30. The number of aryl methyl sites for hydroxylation is 2. The van der Waals surface area contributed by atoms with Crippen LogP contribution in [0.2, 0.25) is 0 Å². The van der Waals surface area contributed by atoms with Gasteiger partial charge in [-0.05, 0) is 19.1 Å². The van der Waals surface area contributed by atoms with Crippen LogP contribution < -0.4 is 21.7 Å². The van der Waals surface area contributed by atoms with Crippen molar-refractivity contribution < 1.29 is 9.53 Å². The molecule has 8 heteroatoms. The van der Waals surface area contributed by atoms with Gasteiger partial charge in [0.2, 0.25) is 0 Å². The van der Waals surface area contributed by atoms with E-state index in [1.165, 1.54) is 7.11 Å². The predicted octanol–water partition coefficient (Wildman–Crippen LogP) is 3.04. The number of benzene rings is 1. The molecule has 0 atom stereocenters. The largest absolute Gasteiger partial charge is 0.465 e. The van der Waals surface area contributed by atoms with E-state index >= 15 is 0 Å². The number of nitrogens with one attached hydrogen (secondary N) is 3. The molecule has 0 fully saturated rings.